The first-order valence-corrected chi connectivity index (χ1v) is 7.90. The Morgan fingerprint density at radius 2 is 2.14 bits per heavy atom. The highest BCUT2D eigenvalue weighted by Gasteiger charge is 2.18. The standard InChI is InChI=1S/C16H15BrClNO2/c17-14-3-1-2-11(8-19)16(14)21-9-12-7-13(18)6-10-4-5-20-15(10)12/h1-3,6-7H,4-5,8-9,19H2. The zero-order valence-electron chi connectivity index (χ0n) is 11.4. The van der Waals surface area contributed by atoms with Crippen molar-refractivity contribution in [1.29, 1.82) is 0 Å². The van der Waals surface area contributed by atoms with Crippen molar-refractivity contribution in [3.05, 3.63) is 56.5 Å². The molecule has 1 aliphatic heterocycles. The third-order valence-corrected chi connectivity index (χ3v) is 4.31. The van der Waals surface area contributed by atoms with E-state index in [1.54, 1.807) is 0 Å². The van der Waals surface area contributed by atoms with Crippen LogP contribution < -0.4 is 15.2 Å². The maximum atomic E-state index is 6.16. The molecule has 0 fully saturated rings. The van der Waals surface area contributed by atoms with Gasteiger partial charge in [0.15, 0.2) is 0 Å². The van der Waals surface area contributed by atoms with E-state index in [9.17, 15) is 0 Å². The van der Waals surface area contributed by atoms with Crippen LogP contribution in [0, 0.1) is 0 Å². The number of benzene rings is 2. The van der Waals surface area contributed by atoms with Crippen LogP contribution in [0.4, 0.5) is 0 Å². The van der Waals surface area contributed by atoms with Crippen molar-refractivity contribution < 1.29 is 9.47 Å². The molecule has 5 heteroatoms. The first-order valence-electron chi connectivity index (χ1n) is 6.73. The van der Waals surface area contributed by atoms with Gasteiger partial charge in [0.05, 0.1) is 11.1 Å². The molecule has 2 aromatic rings. The average Bonchev–Trinajstić information content (AvgIpc) is 2.93. The van der Waals surface area contributed by atoms with E-state index in [0.717, 1.165) is 39.1 Å². The lowest BCUT2D eigenvalue weighted by Crippen LogP contribution is -2.04. The molecule has 0 saturated carbocycles. The molecule has 2 N–H and O–H groups in total. The van der Waals surface area contributed by atoms with Crippen molar-refractivity contribution in [3.63, 3.8) is 0 Å². The zero-order valence-corrected chi connectivity index (χ0v) is 13.7. The van der Waals surface area contributed by atoms with Gasteiger partial charge < -0.3 is 15.2 Å². The van der Waals surface area contributed by atoms with Crippen LogP contribution in [-0.4, -0.2) is 6.61 Å². The Hall–Kier alpha value is -1.23. The maximum Gasteiger partial charge on any atom is 0.138 e. The molecule has 0 amide bonds. The quantitative estimate of drug-likeness (QED) is 0.884. The Bertz CT molecular complexity index is 676. The molecule has 0 atom stereocenters. The molecule has 0 radical (unpaired) electrons. The fourth-order valence-electron chi connectivity index (χ4n) is 2.48. The van der Waals surface area contributed by atoms with Crippen molar-refractivity contribution >= 4 is 27.5 Å². The number of rotatable bonds is 4. The molecule has 0 aliphatic carbocycles. The normalized spacial score (nSPS) is 12.9. The molecule has 110 valence electrons. The first-order chi connectivity index (χ1) is 10.2. The van der Waals surface area contributed by atoms with E-state index in [-0.39, 0.29) is 0 Å². The first kappa shape index (κ1) is 14.7. The lowest BCUT2D eigenvalue weighted by Gasteiger charge is -2.14. The van der Waals surface area contributed by atoms with E-state index in [1.165, 1.54) is 0 Å². The summed E-state index contributed by atoms with van der Waals surface area (Å²) >= 11 is 9.66. The number of hydrogen-bond acceptors (Lipinski definition) is 3. The smallest absolute Gasteiger partial charge is 0.138 e. The number of hydrogen-bond donors (Lipinski definition) is 1. The highest BCUT2D eigenvalue weighted by Crippen LogP contribution is 2.35. The van der Waals surface area contributed by atoms with Crippen molar-refractivity contribution in [2.45, 2.75) is 19.6 Å². The SMILES string of the molecule is NCc1cccc(Br)c1OCc1cc(Cl)cc2c1OCC2. The van der Waals surface area contributed by atoms with Crippen LogP contribution in [-0.2, 0) is 19.6 Å². The summed E-state index contributed by atoms with van der Waals surface area (Å²) in [6.45, 7) is 1.53. The number of nitrogens with two attached hydrogens (primary N) is 1. The summed E-state index contributed by atoms with van der Waals surface area (Å²) in [5.41, 5.74) is 8.83. The average molecular weight is 369 g/mol. The molecule has 2 aromatic carbocycles. The topological polar surface area (TPSA) is 44.5 Å². The molecule has 3 nitrogen and oxygen atoms in total. The Balaban J connectivity index is 1.86. The summed E-state index contributed by atoms with van der Waals surface area (Å²) in [6.07, 6.45) is 0.895. The summed E-state index contributed by atoms with van der Waals surface area (Å²) in [7, 11) is 0. The van der Waals surface area contributed by atoms with Crippen LogP contribution in [0.25, 0.3) is 0 Å². The Kier molecular flexibility index (Phi) is 4.38. The third kappa shape index (κ3) is 3.03. The van der Waals surface area contributed by atoms with E-state index in [2.05, 4.69) is 15.9 Å². The fourth-order valence-corrected chi connectivity index (χ4v) is 3.26. The van der Waals surface area contributed by atoms with Crippen LogP contribution in [0.1, 0.15) is 16.7 Å². The molecule has 0 unspecified atom stereocenters. The molecule has 0 spiro atoms. The molecular formula is C16H15BrClNO2. The highest BCUT2D eigenvalue weighted by atomic mass is 79.9. The monoisotopic (exact) mass is 367 g/mol. The number of para-hydroxylation sites is 1. The van der Waals surface area contributed by atoms with E-state index < -0.39 is 0 Å². The second-order valence-electron chi connectivity index (χ2n) is 4.87. The Morgan fingerprint density at radius 3 is 2.95 bits per heavy atom. The van der Waals surface area contributed by atoms with Gasteiger partial charge in [-0.25, -0.2) is 0 Å². The zero-order chi connectivity index (χ0) is 14.8. The summed E-state index contributed by atoms with van der Waals surface area (Å²) in [5.74, 6) is 1.67. The summed E-state index contributed by atoms with van der Waals surface area (Å²) < 4.78 is 12.5. The Morgan fingerprint density at radius 1 is 1.29 bits per heavy atom. The van der Waals surface area contributed by atoms with Gasteiger partial charge in [-0.3, -0.25) is 0 Å². The van der Waals surface area contributed by atoms with Gasteiger partial charge in [0.25, 0.3) is 0 Å². The minimum atomic E-state index is 0.401. The Labute approximate surface area is 137 Å². The van der Waals surface area contributed by atoms with Gasteiger partial charge in [-0.1, -0.05) is 23.7 Å². The molecule has 0 saturated heterocycles. The summed E-state index contributed by atoms with van der Waals surface area (Å²) in [4.78, 5) is 0. The van der Waals surface area contributed by atoms with Gasteiger partial charge in [-0.15, -0.1) is 0 Å². The van der Waals surface area contributed by atoms with Crippen molar-refractivity contribution in [2.75, 3.05) is 6.61 Å². The minimum Gasteiger partial charge on any atom is -0.493 e. The van der Waals surface area contributed by atoms with E-state index in [4.69, 9.17) is 26.8 Å². The van der Waals surface area contributed by atoms with Gasteiger partial charge in [-0.2, -0.15) is 0 Å². The van der Waals surface area contributed by atoms with Gasteiger partial charge in [-0.05, 0) is 39.7 Å². The fraction of sp³-hybridized carbons (Fsp3) is 0.250. The van der Waals surface area contributed by atoms with E-state index in [1.807, 2.05) is 30.3 Å². The predicted molar refractivity (Wildman–Crippen MR) is 87.0 cm³/mol. The van der Waals surface area contributed by atoms with Gasteiger partial charge in [0, 0.05) is 29.1 Å². The largest absolute Gasteiger partial charge is 0.493 e. The maximum absolute atomic E-state index is 6.16. The van der Waals surface area contributed by atoms with Crippen LogP contribution in [0.15, 0.2) is 34.8 Å². The second-order valence-corrected chi connectivity index (χ2v) is 6.16. The third-order valence-electron chi connectivity index (χ3n) is 3.47. The number of ether oxygens (including phenoxy) is 2. The van der Waals surface area contributed by atoms with E-state index in [0.29, 0.717) is 24.8 Å². The van der Waals surface area contributed by atoms with Gasteiger partial charge in [0.2, 0.25) is 0 Å². The van der Waals surface area contributed by atoms with Crippen LogP contribution in [0.5, 0.6) is 11.5 Å². The molecule has 0 aromatic heterocycles. The molecular weight excluding hydrogens is 354 g/mol. The lowest BCUT2D eigenvalue weighted by atomic mass is 10.1. The molecule has 21 heavy (non-hydrogen) atoms. The summed E-state index contributed by atoms with van der Waals surface area (Å²) in [6, 6.07) is 9.69. The number of halogens is 2. The predicted octanol–water partition coefficient (Wildman–Crippen LogP) is 4.08. The molecule has 0 bridgehead atoms. The van der Waals surface area contributed by atoms with Gasteiger partial charge in [0.1, 0.15) is 18.1 Å². The van der Waals surface area contributed by atoms with E-state index >= 15 is 0 Å². The lowest BCUT2D eigenvalue weighted by molar-refractivity contribution is 0.288. The van der Waals surface area contributed by atoms with Gasteiger partial charge >= 0.3 is 0 Å². The summed E-state index contributed by atoms with van der Waals surface area (Å²) in [5, 5.41) is 0.712. The molecule has 1 aliphatic rings. The van der Waals surface area contributed by atoms with Crippen molar-refractivity contribution in [1.82, 2.24) is 0 Å². The number of fused-ring (bicyclic) bond motifs is 1. The minimum absolute atomic E-state index is 0.401. The van der Waals surface area contributed by atoms with Crippen LogP contribution in [0.2, 0.25) is 5.02 Å². The molecule has 3 rings (SSSR count). The second kappa shape index (κ2) is 6.26. The van der Waals surface area contributed by atoms with Crippen LogP contribution >= 0.6 is 27.5 Å². The van der Waals surface area contributed by atoms with Crippen molar-refractivity contribution in [3.8, 4) is 11.5 Å². The molecule has 1 heterocycles. The van der Waals surface area contributed by atoms with Crippen LogP contribution in [0.3, 0.4) is 0 Å². The van der Waals surface area contributed by atoms with Crippen molar-refractivity contribution in [2.24, 2.45) is 5.73 Å². The highest BCUT2D eigenvalue weighted by molar-refractivity contribution is 9.10.